The number of carbonyl (C=O) groups excluding carboxylic acids is 2. The lowest BCUT2D eigenvalue weighted by atomic mass is 10.2. The normalized spacial score (nSPS) is 11.3. The molecule has 0 aliphatic carbocycles. The third-order valence-electron chi connectivity index (χ3n) is 4.14. The van der Waals surface area contributed by atoms with E-state index in [-0.39, 0.29) is 16.0 Å². The standard InChI is InChI=1S/C20H25N3O4S2/c1-5-23(6-2)29(26,27)18-13-7-15(8-14-18)19(24)21-16-9-11-17(12-10-16)28-20(25)22(3)4/h7-14H,5-6H2,1-4H3,(H,21,24). The van der Waals surface area contributed by atoms with Crippen molar-refractivity contribution >= 4 is 38.6 Å². The minimum atomic E-state index is -3.56. The van der Waals surface area contributed by atoms with Crippen molar-refractivity contribution in [3.8, 4) is 0 Å². The van der Waals surface area contributed by atoms with E-state index in [2.05, 4.69) is 5.32 Å². The maximum Gasteiger partial charge on any atom is 0.285 e. The molecule has 0 radical (unpaired) electrons. The smallest absolute Gasteiger partial charge is 0.285 e. The van der Waals surface area contributed by atoms with Crippen LogP contribution in [-0.2, 0) is 10.0 Å². The molecule has 156 valence electrons. The number of amides is 2. The molecule has 1 N–H and O–H groups in total. The summed E-state index contributed by atoms with van der Waals surface area (Å²) in [5, 5.41) is 2.68. The average Bonchev–Trinajstić information content (AvgIpc) is 2.70. The van der Waals surface area contributed by atoms with Crippen LogP contribution < -0.4 is 5.32 Å². The predicted molar refractivity (Wildman–Crippen MR) is 116 cm³/mol. The van der Waals surface area contributed by atoms with Gasteiger partial charge in [0.15, 0.2) is 0 Å². The zero-order valence-electron chi connectivity index (χ0n) is 16.9. The molecule has 0 aromatic heterocycles. The number of nitrogens with zero attached hydrogens (tertiary/aromatic N) is 2. The van der Waals surface area contributed by atoms with Gasteiger partial charge in [-0.05, 0) is 60.3 Å². The van der Waals surface area contributed by atoms with E-state index >= 15 is 0 Å². The minimum Gasteiger partial charge on any atom is -0.339 e. The summed E-state index contributed by atoms with van der Waals surface area (Å²) in [4.78, 5) is 26.6. The second kappa shape index (κ2) is 9.91. The highest BCUT2D eigenvalue weighted by Gasteiger charge is 2.21. The Morgan fingerprint density at radius 1 is 0.931 bits per heavy atom. The van der Waals surface area contributed by atoms with E-state index in [0.29, 0.717) is 24.3 Å². The molecule has 0 saturated heterocycles. The highest BCUT2D eigenvalue weighted by Crippen LogP contribution is 2.23. The topological polar surface area (TPSA) is 86.8 Å². The second-order valence-electron chi connectivity index (χ2n) is 6.35. The molecule has 2 aromatic carbocycles. The van der Waals surface area contributed by atoms with Crippen molar-refractivity contribution in [1.82, 2.24) is 9.21 Å². The van der Waals surface area contributed by atoms with Gasteiger partial charge in [0.05, 0.1) is 4.90 Å². The molecule has 9 heteroatoms. The van der Waals surface area contributed by atoms with Crippen molar-refractivity contribution in [2.45, 2.75) is 23.6 Å². The minimum absolute atomic E-state index is 0.0819. The van der Waals surface area contributed by atoms with E-state index in [4.69, 9.17) is 0 Å². The van der Waals surface area contributed by atoms with Crippen LogP contribution in [0, 0.1) is 0 Å². The van der Waals surface area contributed by atoms with E-state index in [1.54, 1.807) is 52.2 Å². The first kappa shape index (κ1) is 22.9. The highest BCUT2D eigenvalue weighted by atomic mass is 32.2. The van der Waals surface area contributed by atoms with Gasteiger partial charge in [0.1, 0.15) is 0 Å². The molecule has 2 amide bonds. The van der Waals surface area contributed by atoms with Gasteiger partial charge in [-0.25, -0.2) is 8.42 Å². The fourth-order valence-corrected chi connectivity index (χ4v) is 4.61. The third-order valence-corrected chi connectivity index (χ3v) is 7.25. The van der Waals surface area contributed by atoms with Crippen molar-refractivity contribution in [2.75, 3.05) is 32.5 Å². The zero-order chi connectivity index (χ0) is 21.6. The van der Waals surface area contributed by atoms with Crippen LogP contribution in [0.3, 0.4) is 0 Å². The van der Waals surface area contributed by atoms with Crippen molar-refractivity contribution < 1.29 is 18.0 Å². The maximum absolute atomic E-state index is 12.5. The third kappa shape index (κ3) is 5.81. The van der Waals surface area contributed by atoms with Crippen molar-refractivity contribution in [2.24, 2.45) is 0 Å². The average molecular weight is 436 g/mol. The summed E-state index contributed by atoms with van der Waals surface area (Å²) in [6.45, 7) is 4.33. The molecule has 0 unspecified atom stereocenters. The largest absolute Gasteiger partial charge is 0.339 e. The van der Waals surface area contributed by atoms with Crippen LogP contribution in [0.4, 0.5) is 10.5 Å². The quantitative estimate of drug-likeness (QED) is 0.670. The second-order valence-corrected chi connectivity index (χ2v) is 9.32. The maximum atomic E-state index is 12.5. The van der Waals surface area contributed by atoms with Crippen LogP contribution in [0.2, 0.25) is 0 Å². The molecule has 0 bridgehead atoms. The van der Waals surface area contributed by atoms with E-state index in [1.165, 1.54) is 33.5 Å². The molecule has 0 saturated carbocycles. The van der Waals surface area contributed by atoms with E-state index in [0.717, 1.165) is 16.7 Å². The number of hydrogen-bond donors (Lipinski definition) is 1. The Hall–Kier alpha value is -2.36. The SMILES string of the molecule is CCN(CC)S(=O)(=O)c1ccc(C(=O)Nc2ccc(SC(=O)N(C)C)cc2)cc1. The lowest BCUT2D eigenvalue weighted by Crippen LogP contribution is -2.30. The van der Waals surface area contributed by atoms with Gasteiger partial charge in [0.2, 0.25) is 10.0 Å². The van der Waals surface area contributed by atoms with Gasteiger partial charge >= 0.3 is 0 Å². The van der Waals surface area contributed by atoms with E-state index < -0.39 is 10.0 Å². The van der Waals surface area contributed by atoms with Crippen molar-refractivity contribution in [3.63, 3.8) is 0 Å². The number of rotatable bonds is 7. The summed E-state index contributed by atoms with van der Waals surface area (Å²) in [6, 6.07) is 12.8. The van der Waals surface area contributed by atoms with Crippen LogP contribution in [-0.4, -0.2) is 56.0 Å². The molecule has 0 aliphatic rings. The Labute approximate surface area is 176 Å². The Balaban J connectivity index is 2.07. The lowest BCUT2D eigenvalue weighted by molar-refractivity contribution is 0.102. The summed E-state index contributed by atoms with van der Waals surface area (Å²) in [5.74, 6) is -0.346. The summed E-state index contributed by atoms with van der Waals surface area (Å²) < 4.78 is 26.4. The molecule has 2 aromatic rings. The summed E-state index contributed by atoms with van der Waals surface area (Å²) in [6.07, 6.45) is 0. The number of benzene rings is 2. The van der Waals surface area contributed by atoms with Gasteiger partial charge in [0.25, 0.3) is 11.1 Å². The van der Waals surface area contributed by atoms with Gasteiger partial charge in [0, 0.05) is 43.3 Å². The number of sulfonamides is 1. The van der Waals surface area contributed by atoms with Crippen LogP contribution >= 0.6 is 11.8 Å². The molecule has 0 heterocycles. The monoisotopic (exact) mass is 435 g/mol. The van der Waals surface area contributed by atoms with Gasteiger partial charge in [-0.2, -0.15) is 4.31 Å². The van der Waals surface area contributed by atoms with Crippen molar-refractivity contribution in [3.05, 3.63) is 54.1 Å². The summed E-state index contributed by atoms with van der Waals surface area (Å²) >= 11 is 1.10. The molecule has 7 nitrogen and oxygen atoms in total. The zero-order valence-corrected chi connectivity index (χ0v) is 18.5. The molecular weight excluding hydrogens is 410 g/mol. The fourth-order valence-electron chi connectivity index (χ4n) is 2.49. The summed E-state index contributed by atoms with van der Waals surface area (Å²) in [5.41, 5.74) is 0.932. The molecular formula is C20H25N3O4S2. The first-order valence-electron chi connectivity index (χ1n) is 9.09. The van der Waals surface area contributed by atoms with Gasteiger partial charge in [-0.3, -0.25) is 9.59 Å². The lowest BCUT2D eigenvalue weighted by Gasteiger charge is -2.18. The number of hydrogen-bond acceptors (Lipinski definition) is 5. The Kier molecular flexibility index (Phi) is 7.83. The first-order valence-corrected chi connectivity index (χ1v) is 11.4. The molecule has 29 heavy (non-hydrogen) atoms. The van der Waals surface area contributed by atoms with Crippen LogP contribution in [0.5, 0.6) is 0 Å². The van der Waals surface area contributed by atoms with E-state index in [9.17, 15) is 18.0 Å². The molecule has 2 rings (SSSR count). The fraction of sp³-hybridized carbons (Fsp3) is 0.300. The molecule has 0 aliphatic heterocycles. The van der Waals surface area contributed by atoms with Gasteiger partial charge in [-0.15, -0.1) is 0 Å². The van der Waals surface area contributed by atoms with E-state index in [1.807, 2.05) is 0 Å². The Bertz CT molecular complexity index is 952. The molecule has 0 atom stereocenters. The van der Waals surface area contributed by atoms with Crippen LogP contribution in [0.15, 0.2) is 58.3 Å². The molecule has 0 fully saturated rings. The van der Waals surface area contributed by atoms with Gasteiger partial charge in [-0.1, -0.05) is 13.8 Å². The van der Waals surface area contributed by atoms with Crippen LogP contribution in [0.1, 0.15) is 24.2 Å². The Morgan fingerprint density at radius 3 is 1.97 bits per heavy atom. The number of carbonyl (C=O) groups is 2. The number of anilines is 1. The van der Waals surface area contributed by atoms with Crippen molar-refractivity contribution in [1.29, 1.82) is 0 Å². The molecule has 0 spiro atoms. The highest BCUT2D eigenvalue weighted by molar-refractivity contribution is 8.13. The number of thioether (sulfide) groups is 1. The predicted octanol–water partition coefficient (Wildman–Crippen LogP) is 3.74. The van der Waals surface area contributed by atoms with Gasteiger partial charge < -0.3 is 10.2 Å². The first-order chi connectivity index (χ1) is 13.7. The number of nitrogens with one attached hydrogen (secondary N) is 1. The summed E-state index contributed by atoms with van der Waals surface area (Å²) in [7, 11) is -0.189. The van der Waals surface area contributed by atoms with Crippen LogP contribution in [0.25, 0.3) is 0 Å². The Morgan fingerprint density at radius 2 is 1.48 bits per heavy atom.